The second-order valence-corrected chi connectivity index (χ2v) is 3.45. The maximum atomic E-state index is 11.7. The average Bonchev–Trinajstić information content (AvgIpc) is 2.62. The van der Waals surface area contributed by atoms with Crippen molar-refractivity contribution < 1.29 is 14.3 Å². The first-order valence-corrected chi connectivity index (χ1v) is 5.32. The molecule has 5 nitrogen and oxygen atoms in total. The highest BCUT2D eigenvalue weighted by atomic mass is 16.5. The van der Waals surface area contributed by atoms with Crippen LogP contribution in [0.2, 0.25) is 0 Å². The molecule has 0 aliphatic heterocycles. The van der Waals surface area contributed by atoms with E-state index >= 15 is 0 Å². The molecule has 0 saturated carbocycles. The number of nitrogens with zero attached hydrogens (tertiary/aromatic N) is 2. The molecule has 0 bridgehead atoms. The summed E-state index contributed by atoms with van der Waals surface area (Å²) in [6, 6.07) is 1.20. The van der Waals surface area contributed by atoms with Crippen LogP contribution in [0.15, 0.2) is 6.07 Å². The number of carbonyl (C=O) groups is 2. The summed E-state index contributed by atoms with van der Waals surface area (Å²) in [5, 5.41) is 4.05. The van der Waals surface area contributed by atoms with Gasteiger partial charge in [-0.05, 0) is 26.3 Å². The molecule has 0 amide bonds. The van der Waals surface area contributed by atoms with Crippen LogP contribution in [0.4, 0.5) is 0 Å². The zero-order valence-corrected chi connectivity index (χ0v) is 9.77. The number of rotatable bonds is 5. The first-order chi connectivity index (χ1) is 7.63. The van der Waals surface area contributed by atoms with Gasteiger partial charge in [0.05, 0.1) is 6.61 Å². The quantitative estimate of drug-likeness (QED) is 0.562. The van der Waals surface area contributed by atoms with Gasteiger partial charge in [-0.15, -0.1) is 0 Å². The lowest BCUT2D eigenvalue weighted by atomic mass is 10.2. The molecule has 1 heterocycles. The van der Waals surface area contributed by atoms with Crippen LogP contribution >= 0.6 is 0 Å². The minimum atomic E-state index is -0.450. The molecule has 1 rings (SSSR count). The summed E-state index contributed by atoms with van der Waals surface area (Å²) in [7, 11) is 0. The van der Waals surface area contributed by atoms with Crippen molar-refractivity contribution in [3.8, 4) is 0 Å². The number of ether oxygens (including phenoxy) is 1. The van der Waals surface area contributed by atoms with Gasteiger partial charge in [0.15, 0.2) is 6.29 Å². The first kappa shape index (κ1) is 12.4. The highest BCUT2D eigenvalue weighted by Crippen LogP contribution is 2.16. The molecule has 1 unspecified atom stereocenters. The van der Waals surface area contributed by atoms with E-state index in [0.717, 1.165) is 5.69 Å². The Bertz CT molecular complexity index is 385. The smallest absolute Gasteiger partial charge is 0.330 e. The van der Waals surface area contributed by atoms with E-state index in [9.17, 15) is 9.59 Å². The van der Waals surface area contributed by atoms with Crippen molar-refractivity contribution in [3.05, 3.63) is 17.5 Å². The first-order valence-electron chi connectivity index (χ1n) is 5.32. The van der Waals surface area contributed by atoms with Crippen LogP contribution in [0.5, 0.6) is 0 Å². The van der Waals surface area contributed by atoms with Gasteiger partial charge in [-0.3, -0.25) is 9.48 Å². The van der Waals surface area contributed by atoms with Gasteiger partial charge in [-0.2, -0.15) is 5.10 Å². The number of aldehydes is 1. The third-order valence-electron chi connectivity index (χ3n) is 2.30. The van der Waals surface area contributed by atoms with Gasteiger partial charge in [0, 0.05) is 5.69 Å². The summed E-state index contributed by atoms with van der Waals surface area (Å²) in [6.07, 6.45) is 1.25. The Morgan fingerprint density at radius 3 is 2.75 bits per heavy atom. The Morgan fingerprint density at radius 2 is 2.31 bits per heavy atom. The second-order valence-electron chi connectivity index (χ2n) is 3.45. The molecular formula is C11H16N2O3. The minimum Gasteiger partial charge on any atom is -0.464 e. The predicted octanol–water partition coefficient (Wildman–Crippen LogP) is 1.52. The minimum absolute atomic E-state index is 0.311. The molecule has 0 saturated heterocycles. The molecule has 0 spiro atoms. The number of esters is 1. The van der Waals surface area contributed by atoms with Gasteiger partial charge in [-0.25, -0.2) is 4.79 Å². The Labute approximate surface area is 94.4 Å². The van der Waals surface area contributed by atoms with Crippen molar-refractivity contribution >= 4 is 12.3 Å². The largest absolute Gasteiger partial charge is 0.464 e. The van der Waals surface area contributed by atoms with Crippen LogP contribution in [-0.2, 0) is 9.53 Å². The van der Waals surface area contributed by atoms with Gasteiger partial charge in [-0.1, -0.05) is 6.92 Å². The van der Waals surface area contributed by atoms with Gasteiger partial charge in [0.1, 0.15) is 11.7 Å². The number of hydrogen-bond donors (Lipinski definition) is 0. The third kappa shape index (κ3) is 2.48. The van der Waals surface area contributed by atoms with E-state index in [1.807, 2.05) is 13.8 Å². The molecule has 0 radical (unpaired) electrons. The summed E-state index contributed by atoms with van der Waals surface area (Å²) >= 11 is 0. The second kappa shape index (κ2) is 5.44. The molecule has 5 heteroatoms. The van der Waals surface area contributed by atoms with Crippen molar-refractivity contribution in [1.29, 1.82) is 0 Å². The van der Waals surface area contributed by atoms with E-state index in [4.69, 9.17) is 4.74 Å². The van der Waals surface area contributed by atoms with E-state index in [1.165, 1.54) is 0 Å². The van der Waals surface area contributed by atoms with Crippen LogP contribution < -0.4 is 0 Å². The molecule has 0 aliphatic rings. The van der Waals surface area contributed by atoms with Gasteiger partial charge < -0.3 is 4.74 Å². The molecule has 0 fully saturated rings. The zero-order chi connectivity index (χ0) is 12.1. The normalized spacial score (nSPS) is 12.2. The molecule has 0 aromatic carbocycles. The third-order valence-corrected chi connectivity index (χ3v) is 2.30. The number of carbonyl (C=O) groups excluding carboxylic acids is 2. The van der Waals surface area contributed by atoms with Crippen LogP contribution in [0.25, 0.3) is 0 Å². The summed E-state index contributed by atoms with van der Waals surface area (Å²) < 4.78 is 6.50. The van der Waals surface area contributed by atoms with E-state index < -0.39 is 6.04 Å². The highest BCUT2D eigenvalue weighted by molar-refractivity contribution is 5.75. The Morgan fingerprint density at radius 1 is 1.62 bits per heavy atom. The summed E-state index contributed by atoms with van der Waals surface area (Å²) in [4.78, 5) is 22.2. The van der Waals surface area contributed by atoms with Gasteiger partial charge in [0.2, 0.25) is 0 Å². The molecule has 1 aromatic rings. The van der Waals surface area contributed by atoms with Crippen LogP contribution in [0.3, 0.4) is 0 Å². The Kier molecular flexibility index (Phi) is 4.22. The standard InChI is InChI=1S/C11H16N2O3/c1-4-10(11(15)16-5-2)13-8(3)6-9(7-14)12-13/h6-7,10H,4-5H2,1-3H3. The lowest BCUT2D eigenvalue weighted by Gasteiger charge is -2.15. The molecule has 16 heavy (non-hydrogen) atoms. The van der Waals surface area contributed by atoms with Gasteiger partial charge in [0.25, 0.3) is 0 Å². The SMILES string of the molecule is CCOC(=O)C(CC)n1nc(C=O)cc1C. The van der Waals surface area contributed by atoms with Crippen LogP contribution in [0, 0.1) is 6.92 Å². The number of hydrogen-bond acceptors (Lipinski definition) is 4. The number of aromatic nitrogens is 2. The molecule has 1 atom stereocenters. The molecular weight excluding hydrogens is 208 g/mol. The fourth-order valence-corrected chi connectivity index (χ4v) is 1.56. The topological polar surface area (TPSA) is 61.2 Å². The fraction of sp³-hybridized carbons (Fsp3) is 0.545. The van der Waals surface area contributed by atoms with Crippen molar-refractivity contribution in [3.63, 3.8) is 0 Å². The highest BCUT2D eigenvalue weighted by Gasteiger charge is 2.22. The fourth-order valence-electron chi connectivity index (χ4n) is 1.56. The lowest BCUT2D eigenvalue weighted by Crippen LogP contribution is -2.23. The van der Waals surface area contributed by atoms with E-state index in [-0.39, 0.29) is 5.97 Å². The Balaban J connectivity index is 2.98. The summed E-state index contributed by atoms with van der Waals surface area (Å²) in [5.41, 5.74) is 1.11. The summed E-state index contributed by atoms with van der Waals surface area (Å²) in [6.45, 7) is 5.79. The van der Waals surface area contributed by atoms with E-state index in [2.05, 4.69) is 5.10 Å². The lowest BCUT2D eigenvalue weighted by molar-refractivity contribution is -0.147. The van der Waals surface area contributed by atoms with Gasteiger partial charge >= 0.3 is 5.97 Å². The predicted molar refractivity (Wildman–Crippen MR) is 58.3 cm³/mol. The average molecular weight is 224 g/mol. The van der Waals surface area contributed by atoms with E-state index in [1.54, 1.807) is 17.7 Å². The summed E-state index contributed by atoms with van der Waals surface area (Å²) in [5.74, 6) is -0.311. The van der Waals surface area contributed by atoms with Crippen LogP contribution in [-0.4, -0.2) is 28.6 Å². The molecule has 88 valence electrons. The number of aryl methyl sites for hydroxylation is 1. The van der Waals surface area contributed by atoms with Crippen molar-refractivity contribution in [2.45, 2.75) is 33.2 Å². The van der Waals surface area contributed by atoms with Crippen molar-refractivity contribution in [2.24, 2.45) is 0 Å². The van der Waals surface area contributed by atoms with Crippen molar-refractivity contribution in [2.75, 3.05) is 6.61 Å². The van der Waals surface area contributed by atoms with E-state index in [0.29, 0.717) is 25.0 Å². The molecule has 0 N–H and O–H groups in total. The monoisotopic (exact) mass is 224 g/mol. The van der Waals surface area contributed by atoms with Crippen LogP contribution in [0.1, 0.15) is 42.5 Å². The zero-order valence-electron chi connectivity index (χ0n) is 9.77. The maximum absolute atomic E-state index is 11.7. The van der Waals surface area contributed by atoms with Crippen molar-refractivity contribution in [1.82, 2.24) is 9.78 Å². The molecule has 1 aromatic heterocycles. The Hall–Kier alpha value is -1.65. The molecule has 0 aliphatic carbocycles. The maximum Gasteiger partial charge on any atom is 0.330 e.